The minimum Gasteiger partial charge on any atom is -0.320 e. The number of nitrogens with one attached hydrogen (secondary N) is 3. The number of amides is 1. The van der Waals surface area contributed by atoms with Gasteiger partial charge in [0.1, 0.15) is 11.3 Å². The number of anilines is 2. The first-order valence-corrected chi connectivity index (χ1v) is 13.1. The number of carbonyl (C=O) groups excluding carboxylic acids is 1. The molecule has 1 amide bonds. The summed E-state index contributed by atoms with van der Waals surface area (Å²) in [7, 11) is -3.97. The second kappa shape index (κ2) is 10.1. The van der Waals surface area contributed by atoms with Crippen LogP contribution < -0.4 is 15.6 Å². The zero-order valence-electron chi connectivity index (χ0n) is 20.4. The molecular weight excluding hydrogens is 528 g/mol. The maximum Gasteiger partial charge on any atom is 0.285 e. The highest BCUT2D eigenvalue weighted by Gasteiger charge is 2.26. The van der Waals surface area contributed by atoms with E-state index in [-0.39, 0.29) is 33.2 Å². The topological polar surface area (TPSA) is 125 Å². The van der Waals surface area contributed by atoms with Crippen molar-refractivity contribution in [3.63, 3.8) is 0 Å². The number of para-hydroxylation sites is 2. The maximum atomic E-state index is 13.9. The Kier molecular flexibility index (Phi) is 6.71. The predicted molar refractivity (Wildman–Crippen MR) is 143 cm³/mol. The highest BCUT2D eigenvalue weighted by atomic mass is 32.2. The number of halogens is 2. The first-order valence-electron chi connectivity index (χ1n) is 11.6. The van der Waals surface area contributed by atoms with E-state index in [1.807, 2.05) is 0 Å². The molecule has 0 radical (unpaired) electrons. The van der Waals surface area contributed by atoms with Crippen molar-refractivity contribution >= 4 is 33.0 Å². The summed E-state index contributed by atoms with van der Waals surface area (Å²) >= 11 is 0. The predicted octanol–water partition coefficient (Wildman–Crippen LogP) is 4.99. The van der Waals surface area contributed by atoms with Crippen LogP contribution in [0, 0.1) is 6.92 Å². The second-order valence-electron chi connectivity index (χ2n) is 8.52. The lowest BCUT2D eigenvalue weighted by Crippen LogP contribution is -2.29. The molecule has 0 aliphatic carbocycles. The van der Waals surface area contributed by atoms with Crippen LogP contribution in [0.2, 0.25) is 0 Å². The Morgan fingerprint density at radius 3 is 2.15 bits per heavy atom. The molecule has 0 saturated carbocycles. The van der Waals surface area contributed by atoms with E-state index in [9.17, 15) is 26.8 Å². The molecule has 9 nitrogen and oxygen atoms in total. The van der Waals surface area contributed by atoms with Crippen LogP contribution in [0.15, 0.2) is 94.6 Å². The van der Waals surface area contributed by atoms with E-state index in [0.29, 0.717) is 5.56 Å². The summed E-state index contributed by atoms with van der Waals surface area (Å²) < 4.78 is 56.7. The molecule has 0 aliphatic rings. The second-order valence-corrected chi connectivity index (χ2v) is 10.2. The lowest BCUT2D eigenvalue weighted by Gasteiger charge is -2.14. The van der Waals surface area contributed by atoms with E-state index in [4.69, 9.17) is 0 Å². The normalized spacial score (nSPS) is 11.6. The van der Waals surface area contributed by atoms with Crippen molar-refractivity contribution in [1.82, 2.24) is 14.6 Å². The molecule has 5 aromatic rings. The Balaban J connectivity index is 1.54. The molecular formula is C27H21F2N5O4S. The lowest BCUT2D eigenvalue weighted by molar-refractivity contribution is 0.102. The molecule has 0 bridgehead atoms. The molecule has 3 N–H and O–H groups in total. The number of H-pyrrole nitrogens is 1. The van der Waals surface area contributed by atoms with Gasteiger partial charge in [-0.1, -0.05) is 60.7 Å². The average Bonchev–Trinajstić information content (AvgIpc) is 3.31. The Morgan fingerprint density at radius 2 is 1.51 bits per heavy atom. The van der Waals surface area contributed by atoms with Crippen molar-refractivity contribution < 1.29 is 22.0 Å². The number of aryl methyl sites for hydroxylation is 1. The van der Waals surface area contributed by atoms with Crippen LogP contribution in [-0.2, 0) is 10.0 Å². The van der Waals surface area contributed by atoms with Crippen molar-refractivity contribution in [3.05, 3.63) is 112 Å². The first kappa shape index (κ1) is 25.8. The van der Waals surface area contributed by atoms with Crippen molar-refractivity contribution in [2.24, 2.45) is 0 Å². The summed E-state index contributed by atoms with van der Waals surface area (Å²) in [4.78, 5) is 31.0. The number of rotatable bonds is 7. The average molecular weight is 550 g/mol. The van der Waals surface area contributed by atoms with Crippen molar-refractivity contribution in [2.75, 3.05) is 10.0 Å². The van der Waals surface area contributed by atoms with E-state index in [2.05, 4.69) is 20.1 Å². The molecule has 5 rings (SSSR count). The van der Waals surface area contributed by atoms with Gasteiger partial charge in [0, 0.05) is 0 Å². The molecule has 0 atom stereocenters. The van der Waals surface area contributed by atoms with Crippen LogP contribution in [0.1, 0.15) is 28.2 Å². The molecule has 0 fully saturated rings. The number of carbonyl (C=O) groups is 1. The number of hydrogen-bond donors (Lipinski definition) is 3. The number of aromatic nitrogens is 3. The molecule has 3 aromatic carbocycles. The summed E-state index contributed by atoms with van der Waals surface area (Å²) in [5, 5.41) is 4.94. The van der Waals surface area contributed by atoms with Gasteiger partial charge in [0.05, 0.1) is 27.5 Å². The number of aromatic amines is 1. The Hall–Kier alpha value is -4.84. The highest BCUT2D eigenvalue weighted by molar-refractivity contribution is 7.92. The quantitative estimate of drug-likeness (QED) is 0.264. The van der Waals surface area contributed by atoms with Gasteiger partial charge in [-0.15, -0.1) is 0 Å². The van der Waals surface area contributed by atoms with Crippen LogP contribution in [0.5, 0.6) is 0 Å². The Labute approximate surface area is 221 Å². The number of benzene rings is 3. The summed E-state index contributed by atoms with van der Waals surface area (Å²) in [5.74, 6) is -0.889. The molecule has 0 unspecified atom stereocenters. The molecule has 198 valence electrons. The zero-order chi connectivity index (χ0) is 27.7. The molecule has 0 saturated heterocycles. The monoisotopic (exact) mass is 549 g/mol. The number of alkyl halides is 2. The van der Waals surface area contributed by atoms with Gasteiger partial charge in [0.15, 0.2) is 5.65 Å². The Morgan fingerprint density at radius 1 is 0.923 bits per heavy atom. The van der Waals surface area contributed by atoms with Crippen LogP contribution in [0.25, 0.3) is 16.8 Å². The molecule has 0 aliphatic heterocycles. The van der Waals surface area contributed by atoms with Gasteiger partial charge in [-0.3, -0.25) is 19.4 Å². The van der Waals surface area contributed by atoms with E-state index in [0.717, 1.165) is 4.52 Å². The minimum absolute atomic E-state index is 0.0110. The third-order valence-electron chi connectivity index (χ3n) is 5.97. The minimum atomic E-state index is -3.97. The fraction of sp³-hybridized carbons (Fsp3) is 0.0741. The van der Waals surface area contributed by atoms with E-state index in [1.54, 1.807) is 60.7 Å². The van der Waals surface area contributed by atoms with Gasteiger partial charge >= 0.3 is 0 Å². The first-order chi connectivity index (χ1) is 18.7. The molecule has 2 heterocycles. The van der Waals surface area contributed by atoms with Gasteiger partial charge < -0.3 is 5.32 Å². The molecule has 39 heavy (non-hydrogen) atoms. The largest absolute Gasteiger partial charge is 0.320 e. The summed E-state index contributed by atoms with van der Waals surface area (Å²) in [6, 6.07) is 22.0. The van der Waals surface area contributed by atoms with Gasteiger partial charge in [-0.05, 0) is 36.8 Å². The Bertz CT molecular complexity index is 1850. The molecule has 2 aromatic heterocycles. The standard InChI is InChI=1S/C27H21F2N5O4S/c1-16-21(27(36)34-25(30-16)22(23(32-34)24(28)29)17-10-4-2-5-11-17)26(35)31-19-14-8-9-15-20(19)33-39(37,38)18-12-6-3-7-13-18/h2-15,24,32-33H,1H3,(H,31,35). The SMILES string of the molecule is Cc1nc2c(-c3ccccc3)c(C(F)F)[nH]n2c(=O)c1C(=O)Nc1ccccc1NS(=O)(=O)c1ccccc1. The number of nitrogens with zero attached hydrogens (tertiary/aromatic N) is 2. The van der Waals surface area contributed by atoms with Crippen molar-refractivity contribution in [2.45, 2.75) is 18.2 Å². The van der Waals surface area contributed by atoms with Gasteiger partial charge in [0.2, 0.25) is 0 Å². The van der Waals surface area contributed by atoms with E-state index < -0.39 is 39.2 Å². The summed E-state index contributed by atoms with van der Waals surface area (Å²) in [5.41, 5.74) is -1.21. The number of sulfonamides is 1. The maximum absolute atomic E-state index is 13.9. The van der Waals surface area contributed by atoms with Gasteiger partial charge in [-0.2, -0.15) is 4.52 Å². The van der Waals surface area contributed by atoms with E-state index in [1.165, 1.54) is 31.2 Å². The fourth-order valence-electron chi connectivity index (χ4n) is 4.17. The van der Waals surface area contributed by atoms with Gasteiger partial charge in [-0.25, -0.2) is 22.2 Å². The number of fused-ring (bicyclic) bond motifs is 1. The highest BCUT2D eigenvalue weighted by Crippen LogP contribution is 2.33. The van der Waals surface area contributed by atoms with Crippen LogP contribution in [-0.4, -0.2) is 28.9 Å². The van der Waals surface area contributed by atoms with Gasteiger partial charge in [0.25, 0.3) is 27.9 Å². The summed E-state index contributed by atoms with van der Waals surface area (Å²) in [6.07, 6.45) is -2.94. The van der Waals surface area contributed by atoms with Crippen LogP contribution in [0.3, 0.4) is 0 Å². The van der Waals surface area contributed by atoms with Crippen LogP contribution >= 0.6 is 0 Å². The number of hydrogen-bond acceptors (Lipinski definition) is 5. The fourth-order valence-corrected chi connectivity index (χ4v) is 5.27. The van der Waals surface area contributed by atoms with Crippen LogP contribution in [0.4, 0.5) is 20.2 Å². The third-order valence-corrected chi connectivity index (χ3v) is 7.35. The lowest BCUT2D eigenvalue weighted by atomic mass is 10.1. The smallest absolute Gasteiger partial charge is 0.285 e. The molecule has 12 heteroatoms. The summed E-state index contributed by atoms with van der Waals surface area (Å²) in [6.45, 7) is 1.42. The molecule has 0 spiro atoms. The van der Waals surface area contributed by atoms with E-state index >= 15 is 0 Å². The third kappa shape index (κ3) is 4.89. The van der Waals surface area contributed by atoms with Crippen molar-refractivity contribution in [1.29, 1.82) is 0 Å². The van der Waals surface area contributed by atoms with Crippen molar-refractivity contribution in [3.8, 4) is 11.1 Å². The zero-order valence-corrected chi connectivity index (χ0v) is 21.2.